The van der Waals surface area contributed by atoms with Crippen molar-refractivity contribution in [1.82, 2.24) is 0 Å². The Morgan fingerprint density at radius 3 is 2.72 bits per heavy atom. The van der Waals surface area contributed by atoms with Crippen LogP contribution in [0.4, 0.5) is 11.4 Å². The van der Waals surface area contributed by atoms with Gasteiger partial charge < -0.3 is 24.4 Å². The number of carbonyl (C=O) groups is 3. The molecule has 1 atom stereocenters. The van der Waals surface area contributed by atoms with Crippen LogP contribution in [0.2, 0.25) is 0 Å². The first-order valence-electron chi connectivity index (χ1n) is 9.34. The van der Waals surface area contributed by atoms with E-state index in [1.807, 2.05) is 0 Å². The van der Waals surface area contributed by atoms with Crippen molar-refractivity contribution in [3.05, 3.63) is 48.0 Å². The third-order valence-electron chi connectivity index (χ3n) is 4.78. The molecule has 8 heteroatoms. The smallest absolute Gasteiger partial charge is 0.341 e. The predicted molar refractivity (Wildman–Crippen MR) is 104 cm³/mol. The fourth-order valence-electron chi connectivity index (χ4n) is 3.28. The molecule has 1 N–H and O–H groups in total. The van der Waals surface area contributed by atoms with Crippen molar-refractivity contribution in [2.24, 2.45) is 0 Å². The maximum atomic E-state index is 12.7. The second kappa shape index (κ2) is 7.83. The summed E-state index contributed by atoms with van der Waals surface area (Å²) in [6, 6.07) is 11.8. The van der Waals surface area contributed by atoms with E-state index in [9.17, 15) is 14.4 Å². The first kappa shape index (κ1) is 18.8. The second-order valence-electron chi connectivity index (χ2n) is 6.77. The number of anilines is 2. The summed E-state index contributed by atoms with van der Waals surface area (Å²) in [5.41, 5.74) is 1.26. The SMILES string of the molecule is C[C@@H](OC(=O)c1ccccc1N1CCCC1=O)C(=O)Nc1ccc2c(c1)OCO2. The molecule has 2 heterocycles. The molecule has 0 unspecified atom stereocenters. The van der Waals surface area contributed by atoms with Gasteiger partial charge in [-0.3, -0.25) is 9.59 Å². The number of hydrogen-bond acceptors (Lipinski definition) is 6. The van der Waals surface area contributed by atoms with E-state index in [1.165, 1.54) is 6.92 Å². The van der Waals surface area contributed by atoms with Gasteiger partial charge in [0.1, 0.15) is 0 Å². The summed E-state index contributed by atoms with van der Waals surface area (Å²) < 4.78 is 15.9. The van der Waals surface area contributed by atoms with E-state index in [0.29, 0.717) is 35.8 Å². The number of para-hydroxylation sites is 1. The quantitative estimate of drug-likeness (QED) is 0.781. The molecule has 0 saturated carbocycles. The number of esters is 1. The van der Waals surface area contributed by atoms with Gasteiger partial charge in [-0.25, -0.2) is 4.79 Å². The molecule has 2 amide bonds. The van der Waals surface area contributed by atoms with Crippen LogP contribution in [0.25, 0.3) is 0 Å². The van der Waals surface area contributed by atoms with E-state index >= 15 is 0 Å². The Bertz CT molecular complexity index is 973. The van der Waals surface area contributed by atoms with E-state index < -0.39 is 18.0 Å². The molecule has 0 aromatic heterocycles. The number of ether oxygens (including phenoxy) is 3. The van der Waals surface area contributed by atoms with Crippen LogP contribution in [0.15, 0.2) is 42.5 Å². The van der Waals surface area contributed by atoms with Crippen molar-refractivity contribution in [3.63, 3.8) is 0 Å². The van der Waals surface area contributed by atoms with Gasteiger partial charge in [-0.2, -0.15) is 0 Å². The molecule has 8 nitrogen and oxygen atoms in total. The van der Waals surface area contributed by atoms with Crippen molar-refractivity contribution in [2.75, 3.05) is 23.6 Å². The lowest BCUT2D eigenvalue weighted by Gasteiger charge is -2.20. The maximum absolute atomic E-state index is 12.7. The lowest BCUT2D eigenvalue weighted by Crippen LogP contribution is -2.31. The largest absolute Gasteiger partial charge is 0.454 e. The third kappa shape index (κ3) is 3.87. The van der Waals surface area contributed by atoms with Crippen LogP contribution in [0.5, 0.6) is 11.5 Å². The van der Waals surface area contributed by atoms with Crippen LogP contribution in [-0.2, 0) is 14.3 Å². The molecule has 0 aliphatic carbocycles. The van der Waals surface area contributed by atoms with Crippen LogP contribution in [0.3, 0.4) is 0 Å². The zero-order valence-corrected chi connectivity index (χ0v) is 15.8. The minimum atomic E-state index is -1.03. The van der Waals surface area contributed by atoms with Gasteiger partial charge in [0.25, 0.3) is 5.91 Å². The number of nitrogens with zero attached hydrogens (tertiary/aromatic N) is 1. The second-order valence-corrected chi connectivity index (χ2v) is 6.77. The minimum Gasteiger partial charge on any atom is -0.454 e. The predicted octanol–water partition coefficient (Wildman–Crippen LogP) is 2.73. The van der Waals surface area contributed by atoms with Crippen molar-refractivity contribution in [2.45, 2.75) is 25.9 Å². The Kier molecular flexibility index (Phi) is 5.07. The van der Waals surface area contributed by atoms with Gasteiger partial charge in [0, 0.05) is 24.7 Å². The number of carbonyl (C=O) groups excluding carboxylic acids is 3. The number of benzene rings is 2. The van der Waals surface area contributed by atoms with Crippen LogP contribution in [0, 0.1) is 0 Å². The van der Waals surface area contributed by atoms with Crippen molar-refractivity contribution < 1.29 is 28.6 Å². The fraction of sp³-hybridized carbons (Fsp3) is 0.286. The average Bonchev–Trinajstić information content (AvgIpc) is 3.36. The highest BCUT2D eigenvalue weighted by Crippen LogP contribution is 2.34. The normalized spacial score (nSPS) is 15.9. The Balaban J connectivity index is 1.43. The number of rotatable bonds is 5. The van der Waals surface area contributed by atoms with Gasteiger partial charge in [0.15, 0.2) is 17.6 Å². The molecule has 1 saturated heterocycles. The molecule has 29 heavy (non-hydrogen) atoms. The summed E-state index contributed by atoms with van der Waals surface area (Å²) in [4.78, 5) is 38.8. The summed E-state index contributed by atoms with van der Waals surface area (Å²) >= 11 is 0. The Hall–Kier alpha value is -3.55. The highest BCUT2D eigenvalue weighted by Gasteiger charge is 2.28. The molecule has 0 spiro atoms. The van der Waals surface area contributed by atoms with Crippen LogP contribution in [-0.4, -0.2) is 37.2 Å². The number of hydrogen-bond donors (Lipinski definition) is 1. The molecule has 4 rings (SSSR count). The Morgan fingerprint density at radius 1 is 1.14 bits per heavy atom. The summed E-state index contributed by atoms with van der Waals surface area (Å²) in [7, 11) is 0. The molecule has 1 fully saturated rings. The monoisotopic (exact) mass is 396 g/mol. The van der Waals surface area contributed by atoms with Crippen LogP contribution >= 0.6 is 0 Å². The van der Waals surface area contributed by atoms with Crippen molar-refractivity contribution >= 4 is 29.2 Å². The van der Waals surface area contributed by atoms with Crippen molar-refractivity contribution in [1.29, 1.82) is 0 Å². The molecule has 0 bridgehead atoms. The molecule has 2 aliphatic heterocycles. The molecular formula is C21H20N2O6. The first-order chi connectivity index (χ1) is 14.0. The molecule has 2 aromatic carbocycles. The molecule has 2 aliphatic rings. The lowest BCUT2D eigenvalue weighted by atomic mass is 10.1. The van der Waals surface area contributed by atoms with Gasteiger partial charge in [-0.15, -0.1) is 0 Å². The number of amides is 2. The van der Waals surface area contributed by atoms with Gasteiger partial charge in [0.2, 0.25) is 12.7 Å². The fourth-order valence-corrected chi connectivity index (χ4v) is 3.28. The first-order valence-corrected chi connectivity index (χ1v) is 9.34. The van der Waals surface area contributed by atoms with Crippen LogP contribution in [0.1, 0.15) is 30.1 Å². The van der Waals surface area contributed by atoms with Crippen LogP contribution < -0.4 is 19.7 Å². The average molecular weight is 396 g/mol. The summed E-state index contributed by atoms with van der Waals surface area (Å²) in [6.45, 7) is 2.19. The van der Waals surface area contributed by atoms with Gasteiger partial charge in [0.05, 0.1) is 11.3 Å². The highest BCUT2D eigenvalue weighted by atomic mass is 16.7. The number of nitrogens with one attached hydrogen (secondary N) is 1. The zero-order valence-electron chi connectivity index (χ0n) is 15.8. The van der Waals surface area contributed by atoms with E-state index in [4.69, 9.17) is 14.2 Å². The Labute approximate surface area is 167 Å². The standard InChI is InChI=1S/C21H20N2O6/c1-13(20(25)22-14-8-9-17-18(11-14)28-12-27-17)29-21(26)15-5-2-3-6-16(15)23-10-4-7-19(23)24/h2-3,5-6,8-9,11,13H,4,7,10,12H2,1H3,(H,22,25)/t13-/m1/s1. The van der Waals surface area contributed by atoms with Gasteiger partial charge in [-0.1, -0.05) is 12.1 Å². The van der Waals surface area contributed by atoms with Crippen molar-refractivity contribution in [3.8, 4) is 11.5 Å². The lowest BCUT2D eigenvalue weighted by molar-refractivity contribution is -0.123. The molecule has 0 radical (unpaired) electrons. The highest BCUT2D eigenvalue weighted by molar-refractivity contribution is 6.04. The minimum absolute atomic E-state index is 0.0288. The van der Waals surface area contributed by atoms with E-state index in [1.54, 1.807) is 47.4 Å². The molecular weight excluding hydrogens is 376 g/mol. The summed E-state index contributed by atoms with van der Waals surface area (Å²) in [5, 5.41) is 2.69. The van der Waals surface area contributed by atoms with Gasteiger partial charge >= 0.3 is 5.97 Å². The topological polar surface area (TPSA) is 94.2 Å². The summed E-state index contributed by atoms with van der Waals surface area (Å²) in [6.07, 6.45) is 0.170. The van der Waals surface area contributed by atoms with E-state index in [2.05, 4.69) is 5.32 Å². The molecule has 2 aromatic rings. The third-order valence-corrected chi connectivity index (χ3v) is 4.78. The van der Waals surface area contributed by atoms with Gasteiger partial charge in [-0.05, 0) is 37.6 Å². The van der Waals surface area contributed by atoms with E-state index in [-0.39, 0.29) is 18.3 Å². The zero-order chi connectivity index (χ0) is 20.4. The number of fused-ring (bicyclic) bond motifs is 1. The van der Waals surface area contributed by atoms with E-state index in [0.717, 1.165) is 6.42 Å². The maximum Gasteiger partial charge on any atom is 0.341 e. The Morgan fingerprint density at radius 2 is 1.93 bits per heavy atom. The molecule has 150 valence electrons. The summed E-state index contributed by atoms with van der Waals surface area (Å²) in [5.74, 6) is -0.0216.